The van der Waals surface area contributed by atoms with Crippen LogP contribution in [0.1, 0.15) is 25.0 Å². The van der Waals surface area contributed by atoms with E-state index in [2.05, 4.69) is 243 Å². The van der Waals surface area contributed by atoms with Crippen molar-refractivity contribution in [2.45, 2.75) is 19.3 Å². The van der Waals surface area contributed by atoms with Gasteiger partial charge in [-0.2, -0.15) is 0 Å². The second-order valence-electron chi connectivity index (χ2n) is 16.5. The molecule has 0 bridgehead atoms. The third kappa shape index (κ3) is 6.10. The summed E-state index contributed by atoms with van der Waals surface area (Å²) in [4.78, 5) is 2.40. The monoisotopic (exact) mass is 765 g/mol. The van der Waals surface area contributed by atoms with E-state index in [1.807, 2.05) is 0 Å². The second kappa shape index (κ2) is 14.4. The van der Waals surface area contributed by atoms with Crippen LogP contribution in [0, 0.1) is 0 Å². The molecule has 0 radical (unpaired) electrons. The predicted octanol–water partition coefficient (Wildman–Crippen LogP) is 16.4. The Bertz CT molecular complexity index is 3210. The van der Waals surface area contributed by atoms with Gasteiger partial charge in [0.15, 0.2) is 0 Å². The molecule has 0 saturated carbocycles. The lowest BCUT2D eigenvalue weighted by molar-refractivity contribution is 0.660. The molecule has 284 valence electrons. The first-order valence-electron chi connectivity index (χ1n) is 20.9. The fourth-order valence-electron chi connectivity index (χ4n) is 9.56. The zero-order chi connectivity index (χ0) is 40.2. The summed E-state index contributed by atoms with van der Waals surface area (Å²) in [5.41, 5.74) is 18.4. The van der Waals surface area contributed by atoms with Gasteiger partial charge in [0.2, 0.25) is 0 Å². The normalized spacial score (nSPS) is 12.6. The Kier molecular flexibility index (Phi) is 8.57. The predicted molar refractivity (Wildman–Crippen MR) is 255 cm³/mol. The van der Waals surface area contributed by atoms with Gasteiger partial charge in [0.1, 0.15) is 0 Å². The molecule has 0 saturated heterocycles. The Morgan fingerprint density at radius 1 is 0.283 bits per heavy atom. The minimum absolute atomic E-state index is 0.0123. The molecule has 1 nitrogen and oxygen atoms in total. The number of anilines is 3. The van der Waals surface area contributed by atoms with Crippen LogP contribution < -0.4 is 4.90 Å². The standard InChI is InChI=1S/C59H43N/c1-59(2)57-24-9-8-21-55(57)56-39-46(32-36-58(56)59)43-29-33-48(34-30-43)60(49-18-10-16-45(37-49)42-27-25-41(26-28-42)40-13-4-3-5-14-40)50-19-11-17-47(38-50)52-22-12-23-53-51-20-7-6-15-44(51)31-35-54(52)53/h3-39H,1-2H3. The second-order valence-corrected chi connectivity index (χ2v) is 16.5. The van der Waals surface area contributed by atoms with Gasteiger partial charge in [-0.05, 0) is 131 Å². The minimum Gasteiger partial charge on any atom is -0.310 e. The maximum absolute atomic E-state index is 2.40. The summed E-state index contributed by atoms with van der Waals surface area (Å²) in [5, 5.41) is 5.06. The summed E-state index contributed by atoms with van der Waals surface area (Å²) in [6, 6.07) is 82.4. The van der Waals surface area contributed by atoms with Crippen LogP contribution in [-0.2, 0) is 5.41 Å². The lowest BCUT2D eigenvalue weighted by atomic mass is 9.82. The van der Waals surface area contributed by atoms with Crippen molar-refractivity contribution in [1.82, 2.24) is 0 Å². The molecule has 0 aromatic heterocycles. The molecule has 10 aromatic carbocycles. The fraction of sp³-hybridized carbons (Fsp3) is 0.0508. The molecule has 0 atom stereocenters. The van der Waals surface area contributed by atoms with Crippen LogP contribution in [0.15, 0.2) is 224 Å². The molecule has 0 unspecified atom stereocenters. The van der Waals surface area contributed by atoms with Crippen LogP contribution in [0.4, 0.5) is 17.1 Å². The number of hydrogen-bond acceptors (Lipinski definition) is 1. The SMILES string of the molecule is CC1(C)c2ccccc2-c2cc(-c3ccc(N(c4cccc(-c5ccc(-c6ccccc6)cc5)c4)c4cccc(-c5cccc6c5ccc5ccccc56)c4)cc3)ccc21. The molecule has 1 aliphatic rings. The minimum atomic E-state index is -0.0123. The van der Waals surface area contributed by atoms with Crippen LogP contribution in [0.25, 0.3) is 77.2 Å². The number of hydrogen-bond donors (Lipinski definition) is 0. The van der Waals surface area contributed by atoms with E-state index in [1.54, 1.807) is 0 Å². The lowest BCUT2D eigenvalue weighted by Crippen LogP contribution is -2.14. The Labute approximate surface area is 352 Å². The molecule has 0 N–H and O–H groups in total. The van der Waals surface area contributed by atoms with Gasteiger partial charge in [-0.15, -0.1) is 0 Å². The molecule has 0 fully saturated rings. The first kappa shape index (κ1) is 35.7. The molecule has 0 amide bonds. The quantitative estimate of drug-likeness (QED) is 0.146. The first-order chi connectivity index (χ1) is 29.5. The number of nitrogens with zero attached hydrogens (tertiary/aromatic N) is 1. The van der Waals surface area contributed by atoms with E-state index in [9.17, 15) is 0 Å². The summed E-state index contributed by atoms with van der Waals surface area (Å²) in [6.45, 7) is 4.68. The average molecular weight is 766 g/mol. The van der Waals surface area contributed by atoms with Crippen molar-refractivity contribution in [3.8, 4) is 55.6 Å². The summed E-state index contributed by atoms with van der Waals surface area (Å²) < 4.78 is 0. The third-order valence-electron chi connectivity index (χ3n) is 12.7. The zero-order valence-electron chi connectivity index (χ0n) is 33.8. The highest BCUT2D eigenvalue weighted by molar-refractivity contribution is 6.12. The molecule has 1 heteroatoms. The Hall–Kier alpha value is -7.48. The Balaban J connectivity index is 1.01. The molecule has 11 rings (SSSR count). The van der Waals surface area contributed by atoms with Gasteiger partial charge in [-0.1, -0.05) is 196 Å². The van der Waals surface area contributed by atoms with Crippen LogP contribution in [0.2, 0.25) is 0 Å². The number of rotatable bonds is 7. The van der Waals surface area contributed by atoms with E-state index in [4.69, 9.17) is 0 Å². The molecular formula is C59H43N. The van der Waals surface area contributed by atoms with Crippen LogP contribution in [-0.4, -0.2) is 0 Å². The molecule has 0 spiro atoms. The van der Waals surface area contributed by atoms with Crippen molar-refractivity contribution in [2.75, 3.05) is 4.90 Å². The van der Waals surface area contributed by atoms with Gasteiger partial charge in [0.05, 0.1) is 0 Å². The molecule has 1 aliphatic carbocycles. The Morgan fingerprint density at radius 3 is 1.58 bits per heavy atom. The van der Waals surface area contributed by atoms with E-state index in [-0.39, 0.29) is 5.41 Å². The maximum Gasteiger partial charge on any atom is 0.0467 e. The highest BCUT2D eigenvalue weighted by Crippen LogP contribution is 2.50. The van der Waals surface area contributed by atoms with Gasteiger partial charge in [-0.3, -0.25) is 0 Å². The van der Waals surface area contributed by atoms with Gasteiger partial charge in [0, 0.05) is 22.5 Å². The van der Waals surface area contributed by atoms with Gasteiger partial charge in [-0.25, -0.2) is 0 Å². The topological polar surface area (TPSA) is 3.24 Å². The molecular weight excluding hydrogens is 723 g/mol. The van der Waals surface area contributed by atoms with Crippen molar-refractivity contribution in [2.24, 2.45) is 0 Å². The largest absolute Gasteiger partial charge is 0.310 e. The van der Waals surface area contributed by atoms with Gasteiger partial charge >= 0.3 is 0 Å². The van der Waals surface area contributed by atoms with Crippen LogP contribution in [0.5, 0.6) is 0 Å². The van der Waals surface area contributed by atoms with E-state index in [1.165, 1.54) is 88.3 Å². The zero-order valence-corrected chi connectivity index (χ0v) is 33.8. The smallest absolute Gasteiger partial charge is 0.0467 e. The van der Waals surface area contributed by atoms with Crippen LogP contribution in [0.3, 0.4) is 0 Å². The highest BCUT2D eigenvalue weighted by atomic mass is 15.1. The first-order valence-corrected chi connectivity index (χ1v) is 20.9. The van der Waals surface area contributed by atoms with Gasteiger partial charge in [0.25, 0.3) is 0 Å². The third-order valence-corrected chi connectivity index (χ3v) is 12.7. The Morgan fingerprint density at radius 2 is 0.800 bits per heavy atom. The van der Waals surface area contributed by atoms with Gasteiger partial charge < -0.3 is 4.90 Å². The summed E-state index contributed by atoms with van der Waals surface area (Å²) in [7, 11) is 0. The molecule has 10 aromatic rings. The fourth-order valence-corrected chi connectivity index (χ4v) is 9.56. The van der Waals surface area contributed by atoms with Crippen LogP contribution >= 0.6 is 0 Å². The summed E-state index contributed by atoms with van der Waals surface area (Å²) >= 11 is 0. The lowest BCUT2D eigenvalue weighted by Gasteiger charge is -2.27. The van der Waals surface area contributed by atoms with E-state index >= 15 is 0 Å². The van der Waals surface area contributed by atoms with E-state index < -0.39 is 0 Å². The van der Waals surface area contributed by atoms with Crippen molar-refractivity contribution in [3.05, 3.63) is 236 Å². The number of benzene rings is 10. The van der Waals surface area contributed by atoms with Crippen molar-refractivity contribution in [1.29, 1.82) is 0 Å². The summed E-state index contributed by atoms with van der Waals surface area (Å²) in [5.74, 6) is 0. The highest BCUT2D eigenvalue weighted by Gasteiger charge is 2.35. The number of fused-ring (bicyclic) bond motifs is 6. The molecule has 60 heavy (non-hydrogen) atoms. The summed E-state index contributed by atoms with van der Waals surface area (Å²) in [6.07, 6.45) is 0. The molecule has 0 aliphatic heterocycles. The van der Waals surface area contributed by atoms with Crippen molar-refractivity contribution < 1.29 is 0 Å². The molecule has 0 heterocycles. The average Bonchev–Trinajstić information content (AvgIpc) is 3.54. The van der Waals surface area contributed by atoms with E-state index in [0.717, 1.165) is 17.1 Å². The van der Waals surface area contributed by atoms with Crippen molar-refractivity contribution in [3.63, 3.8) is 0 Å². The maximum atomic E-state index is 2.40. The van der Waals surface area contributed by atoms with E-state index in [0.29, 0.717) is 0 Å². The van der Waals surface area contributed by atoms with Crippen molar-refractivity contribution >= 4 is 38.6 Å².